The van der Waals surface area contributed by atoms with Crippen molar-refractivity contribution in [2.45, 2.75) is 6.42 Å². The van der Waals surface area contributed by atoms with E-state index >= 15 is 0 Å². The molecule has 0 spiro atoms. The lowest BCUT2D eigenvalue weighted by Gasteiger charge is -2.18. The first-order valence-electron chi connectivity index (χ1n) is 5.85. The van der Waals surface area contributed by atoms with Crippen molar-refractivity contribution in [3.63, 3.8) is 0 Å². The molecular weight excluding hydrogens is 246 g/mol. The van der Waals surface area contributed by atoms with Crippen molar-refractivity contribution < 1.29 is 18.7 Å². The predicted molar refractivity (Wildman–Crippen MR) is 71.2 cm³/mol. The van der Waals surface area contributed by atoms with Crippen LogP contribution in [0.25, 0.3) is 6.08 Å². The number of amides is 1. The summed E-state index contributed by atoms with van der Waals surface area (Å²) in [7, 11) is 1.32. The number of rotatable bonds is 7. The van der Waals surface area contributed by atoms with Gasteiger partial charge in [0.25, 0.3) is 0 Å². The third-order valence-corrected chi connectivity index (χ3v) is 2.41. The minimum Gasteiger partial charge on any atom is -0.469 e. The van der Waals surface area contributed by atoms with Gasteiger partial charge in [-0.3, -0.25) is 9.59 Å². The minimum absolute atomic E-state index is 0.157. The summed E-state index contributed by atoms with van der Waals surface area (Å²) in [5.74, 6) is 0.0388. The van der Waals surface area contributed by atoms with Crippen LogP contribution in [0.1, 0.15) is 12.2 Å². The highest BCUT2D eigenvalue weighted by Gasteiger charge is 2.11. The fourth-order valence-electron chi connectivity index (χ4n) is 1.42. The summed E-state index contributed by atoms with van der Waals surface area (Å²) in [5.41, 5.74) is 0. The number of hydrogen-bond donors (Lipinski definition) is 0. The van der Waals surface area contributed by atoms with Gasteiger partial charge in [-0.15, -0.1) is 6.58 Å². The number of carbonyl (C=O) groups excluding carboxylic acids is 2. The molecule has 102 valence electrons. The van der Waals surface area contributed by atoms with Gasteiger partial charge in [-0.25, -0.2) is 0 Å². The average molecular weight is 263 g/mol. The first-order chi connectivity index (χ1) is 9.17. The molecule has 0 unspecified atom stereocenters. The Morgan fingerprint density at radius 2 is 2.32 bits per heavy atom. The van der Waals surface area contributed by atoms with Crippen molar-refractivity contribution in [1.82, 2.24) is 4.90 Å². The summed E-state index contributed by atoms with van der Waals surface area (Å²) < 4.78 is 9.63. The van der Waals surface area contributed by atoms with Crippen molar-refractivity contribution in [2.75, 3.05) is 20.2 Å². The van der Waals surface area contributed by atoms with Gasteiger partial charge in [-0.2, -0.15) is 0 Å². The number of carbonyl (C=O) groups is 2. The van der Waals surface area contributed by atoms with Gasteiger partial charge in [0, 0.05) is 19.2 Å². The van der Waals surface area contributed by atoms with E-state index in [1.54, 1.807) is 24.3 Å². The summed E-state index contributed by atoms with van der Waals surface area (Å²) in [6, 6.07) is 3.49. The van der Waals surface area contributed by atoms with Gasteiger partial charge in [-0.05, 0) is 18.2 Å². The fourth-order valence-corrected chi connectivity index (χ4v) is 1.42. The molecule has 1 rings (SSSR count). The molecule has 0 aliphatic carbocycles. The second kappa shape index (κ2) is 7.92. The summed E-state index contributed by atoms with van der Waals surface area (Å²) in [4.78, 5) is 24.5. The highest BCUT2D eigenvalue weighted by Crippen LogP contribution is 2.04. The van der Waals surface area contributed by atoms with E-state index in [4.69, 9.17) is 4.42 Å². The van der Waals surface area contributed by atoms with Crippen LogP contribution in [0.3, 0.4) is 0 Å². The van der Waals surface area contributed by atoms with Gasteiger partial charge in [0.15, 0.2) is 0 Å². The Balaban J connectivity index is 2.56. The van der Waals surface area contributed by atoms with Crippen molar-refractivity contribution in [2.24, 2.45) is 0 Å². The molecule has 1 amide bonds. The molecule has 1 aromatic rings. The Labute approximate surface area is 112 Å². The zero-order valence-corrected chi connectivity index (χ0v) is 10.9. The van der Waals surface area contributed by atoms with Crippen LogP contribution in [0.2, 0.25) is 0 Å². The number of esters is 1. The van der Waals surface area contributed by atoms with Gasteiger partial charge in [-0.1, -0.05) is 6.08 Å². The Kier molecular flexibility index (Phi) is 6.15. The maximum atomic E-state index is 11.9. The molecule has 0 atom stereocenters. The Morgan fingerprint density at radius 1 is 1.53 bits per heavy atom. The van der Waals surface area contributed by atoms with Gasteiger partial charge in [0.2, 0.25) is 5.91 Å². The van der Waals surface area contributed by atoms with Crippen LogP contribution in [-0.4, -0.2) is 37.0 Å². The molecular formula is C14H17NO4. The molecule has 0 radical (unpaired) electrons. The Hall–Kier alpha value is -2.30. The number of methoxy groups -OCH3 is 1. The normalized spacial score (nSPS) is 10.4. The molecule has 0 aromatic carbocycles. The quantitative estimate of drug-likeness (QED) is 0.428. The minimum atomic E-state index is -0.350. The van der Waals surface area contributed by atoms with Crippen molar-refractivity contribution in [1.29, 1.82) is 0 Å². The highest BCUT2D eigenvalue weighted by molar-refractivity contribution is 5.91. The molecule has 19 heavy (non-hydrogen) atoms. The molecule has 0 aliphatic heterocycles. The van der Waals surface area contributed by atoms with E-state index in [9.17, 15) is 9.59 Å². The van der Waals surface area contributed by atoms with Crippen LogP contribution in [0.5, 0.6) is 0 Å². The lowest BCUT2D eigenvalue weighted by molar-refractivity contribution is -0.141. The molecule has 1 aromatic heterocycles. The summed E-state index contributed by atoms with van der Waals surface area (Å²) in [6.07, 6.45) is 6.28. The number of hydrogen-bond acceptors (Lipinski definition) is 4. The van der Waals surface area contributed by atoms with E-state index in [0.717, 1.165) is 0 Å². The first kappa shape index (κ1) is 14.8. The van der Waals surface area contributed by atoms with Gasteiger partial charge in [0.1, 0.15) is 5.76 Å². The molecule has 1 heterocycles. The SMILES string of the molecule is C=CCN(CCC(=O)OC)C(=O)/C=C/c1ccco1. The second-order valence-corrected chi connectivity index (χ2v) is 3.75. The lowest BCUT2D eigenvalue weighted by atomic mass is 10.3. The maximum absolute atomic E-state index is 11.9. The third-order valence-electron chi connectivity index (χ3n) is 2.41. The van der Waals surface area contributed by atoms with E-state index < -0.39 is 0 Å². The van der Waals surface area contributed by atoms with E-state index in [0.29, 0.717) is 18.8 Å². The van der Waals surface area contributed by atoms with Crippen molar-refractivity contribution in [3.05, 3.63) is 42.9 Å². The van der Waals surface area contributed by atoms with Crippen LogP contribution in [0, 0.1) is 0 Å². The molecule has 5 heteroatoms. The summed E-state index contributed by atoms with van der Waals surface area (Å²) in [5, 5.41) is 0. The molecule has 0 fully saturated rings. The average Bonchev–Trinajstić information content (AvgIpc) is 2.93. The molecule has 0 bridgehead atoms. The number of nitrogens with zero attached hydrogens (tertiary/aromatic N) is 1. The summed E-state index contributed by atoms with van der Waals surface area (Å²) in [6.45, 7) is 4.25. The largest absolute Gasteiger partial charge is 0.469 e. The van der Waals surface area contributed by atoms with E-state index in [-0.39, 0.29) is 18.3 Å². The first-order valence-corrected chi connectivity index (χ1v) is 5.85. The van der Waals surface area contributed by atoms with Gasteiger partial charge in [0.05, 0.1) is 19.8 Å². The number of furan rings is 1. The lowest BCUT2D eigenvalue weighted by Crippen LogP contribution is -2.32. The zero-order chi connectivity index (χ0) is 14.1. The van der Waals surface area contributed by atoms with Crippen LogP contribution in [0.15, 0.2) is 41.5 Å². The maximum Gasteiger partial charge on any atom is 0.307 e. The van der Waals surface area contributed by atoms with Crippen LogP contribution in [-0.2, 0) is 14.3 Å². The molecule has 5 nitrogen and oxygen atoms in total. The van der Waals surface area contributed by atoms with Crippen LogP contribution < -0.4 is 0 Å². The predicted octanol–water partition coefficient (Wildman–Crippen LogP) is 1.87. The molecule has 0 N–H and O–H groups in total. The monoisotopic (exact) mass is 263 g/mol. The molecule has 0 saturated heterocycles. The van der Waals surface area contributed by atoms with E-state index in [1.165, 1.54) is 24.3 Å². The topological polar surface area (TPSA) is 59.8 Å². The van der Waals surface area contributed by atoms with Crippen molar-refractivity contribution >= 4 is 18.0 Å². The van der Waals surface area contributed by atoms with Crippen molar-refractivity contribution in [3.8, 4) is 0 Å². The fraction of sp³-hybridized carbons (Fsp3) is 0.286. The zero-order valence-electron chi connectivity index (χ0n) is 10.9. The third kappa shape index (κ3) is 5.25. The van der Waals surface area contributed by atoms with E-state index in [1.807, 2.05) is 0 Å². The Morgan fingerprint density at radius 3 is 2.89 bits per heavy atom. The molecule has 0 saturated carbocycles. The molecule has 0 aliphatic rings. The van der Waals surface area contributed by atoms with Gasteiger partial charge < -0.3 is 14.1 Å². The second-order valence-electron chi connectivity index (χ2n) is 3.75. The van der Waals surface area contributed by atoms with E-state index in [2.05, 4.69) is 11.3 Å². The Bertz CT molecular complexity index is 448. The highest BCUT2D eigenvalue weighted by atomic mass is 16.5. The van der Waals surface area contributed by atoms with Crippen LogP contribution in [0.4, 0.5) is 0 Å². The standard InChI is InChI=1S/C14H17NO4/c1-3-9-15(10-8-14(17)18-2)13(16)7-6-12-5-4-11-19-12/h3-7,11H,1,8-10H2,2H3/b7-6+. The van der Waals surface area contributed by atoms with Crippen LogP contribution >= 0.6 is 0 Å². The smallest absolute Gasteiger partial charge is 0.307 e. The van der Waals surface area contributed by atoms with Gasteiger partial charge >= 0.3 is 5.97 Å². The summed E-state index contributed by atoms with van der Waals surface area (Å²) >= 11 is 0. The number of ether oxygens (including phenoxy) is 1.